The highest BCUT2D eigenvalue weighted by molar-refractivity contribution is 9.10. The van der Waals surface area contributed by atoms with Crippen LogP contribution in [0.25, 0.3) is 0 Å². The summed E-state index contributed by atoms with van der Waals surface area (Å²) in [5, 5.41) is 2.79. The Kier molecular flexibility index (Phi) is 3.63. The molecule has 0 saturated carbocycles. The molecule has 0 atom stereocenters. The molecule has 3 N–H and O–H groups in total. The van der Waals surface area contributed by atoms with E-state index >= 15 is 0 Å². The number of halogens is 1. The lowest BCUT2D eigenvalue weighted by Gasteiger charge is -2.29. The molecule has 1 amide bonds. The summed E-state index contributed by atoms with van der Waals surface area (Å²) >= 11 is 8.40. The number of amides is 1. The summed E-state index contributed by atoms with van der Waals surface area (Å²) in [6.07, 6.45) is 0. The van der Waals surface area contributed by atoms with Gasteiger partial charge in [0.1, 0.15) is 4.99 Å². The van der Waals surface area contributed by atoms with Gasteiger partial charge in [0.05, 0.1) is 12.2 Å². The van der Waals surface area contributed by atoms with Gasteiger partial charge in [-0.2, -0.15) is 0 Å². The average molecular weight is 314 g/mol. The van der Waals surface area contributed by atoms with Gasteiger partial charge < -0.3 is 16.0 Å². The summed E-state index contributed by atoms with van der Waals surface area (Å²) in [6.45, 7) is 1.85. The van der Waals surface area contributed by atoms with Crippen LogP contribution in [0.3, 0.4) is 0 Å². The summed E-state index contributed by atoms with van der Waals surface area (Å²) in [6, 6.07) is 5.68. The molecule has 1 saturated heterocycles. The van der Waals surface area contributed by atoms with Crippen LogP contribution in [0.1, 0.15) is 5.56 Å². The van der Waals surface area contributed by atoms with Gasteiger partial charge in [0.2, 0.25) is 5.91 Å². The third-order valence-corrected chi connectivity index (χ3v) is 3.48. The van der Waals surface area contributed by atoms with Crippen LogP contribution in [-0.4, -0.2) is 30.5 Å². The van der Waals surface area contributed by atoms with Crippen molar-refractivity contribution in [2.75, 3.05) is 24.5 Å². The van der Waals surface area contributed by atoms with Crippen LogP contribution < -0.4 is 16.0 Å². The highest BCUT2D eigenvalue weighted by atomic mass is 79.9. The predicted molar refractivity (Wildman–Crippen MR) is 75.3 cm³/mol. The highest BCUT2D eigenvalue weighted by Crippen LogP contribution is 2.27. The lowest BCUT2D eigenvalue weighted by molar-refractivity contribution is -0.120. The molecular weight excluding hydrogens is 302 g/mol. The predicted octanol–water partition coefficient (Wildman–Crippen LogP) is 1.02. The minimum atomic E-state index is 0.0431. The Morgan fingerprint density at radius 3 is 2.88 bits per heavy atom. The molecule has 1 aromatic rings. The van der Waals surface area contributed by atoms with Gasteiger partial charge in [-0.15, -0.1) is 0 Å². The first-order chi connectivity index (χ1) is 8.08. The van der Waals surface area contributed by atoms with Crippen molar-refractivity contribution in [3.05, 3.63) is 28.2 Å². The third kappa shape index (κ3) is 2.76. The van der Waals surface area contributed by atoms with Gasteiger partial charge in [-0.25, -0.2) is 0 Å². The molecule has 2 rings (SSSR count). The normalized spacial score (nSPS) is 15.6. The topological polar surface area (TPSA) is 58.4 Å². The van der Waals surface area contributed by atoms with Gasteiger partial charge in [0.25, 0.3) is 0 Å². The van der Waals surface area contributed by atoms with Crippen molar-refractivity contribution in [2.45, 2.75) is 0 Å². The number of nitrogens with one attached hydrogen (secondary N) is 1. The number of nitrogens with zero attached hydrogens (tertiary/aromatic N) is 1. The maximum Gasteiger partial charge on any atom is 0.239 e. The maximum atomic E-state index is 11.3. The Labute approximate surface area is 113 Å². The van der Waals surface area contributed by atoms with E-state index in [0.717, 1.165) is 22.3 Å². The van der Waals surface area contributed by atoms with E-state index < -0.39 is 0 Å². The number of nitrogens with two attached hydrogens (primary N) is 1. The lowest BCUT2D eigenvalue weighted by atomic mass is 10.2. The zero-order valence-electron chi connectivity index (χ0n) is 9.07. The Morgan fingerprint density at radius 2 is 2.29 bits per heavy atom. The van der Waals surface area contributed by atoms with E-state index in [0.29, 0.717) is 18.1 Å². The summed E-state index contributed by atoms with van der Waals surface area (Å²) in [7, 11) is 0. The minimum Gasteiger partial charge on any atom is -0.389 e. The first-order valence-corrected chi connectivity index (χ1v) is 6.39. The Morgan fingerprint density at radius 1 is 1.53 bits per heavy atom. The quantitative estimate of drug-likeness (QED) is 0.800. The Hall–Kier alpha value is -1.14. The number of hydrogen-bond donors (Lipinski definition) is 2. The SMILES string of the molecule is NC(=S)c1ccc(N2CCNC(=O)C2)c(Br)c1. The number of carbonyl (C=O) groups is 1. The number of piperazine rings is 1. The minimum absolute atomic E-state index is 0.0431. The number of carbonyl (C=O) groups excluding carboxylic acids is 1. The monoisotopic (exact) mass is 313 g/mol. The second-order valence-corrected chi connectivity index (χ2v) is 5.10. The van der Waals surface area contributed by atoms with Crippen molar-refractivity contribution >= 4 is 44.7 Å². The zero-order chi connectivity index (χ0) is 12.4. The van der Waals surface area contributed by atoms with E-state index in [2.05, 4.69) is 21.2 Å². The molecule has 1 fully saturated rings. The molecule has 90 valence electrons. The van der Waals surface area contributed by atoms with Crippen LogP contribution in [0.5, 0.6) is 0 Å². The van der Waals surface area contributed by atoms with Crippen molar-refractivity contribution in [2.24, 2.45) is 5.73 Å². The maximum absolute atomic E-state index is 11.3. The van der Waals surface area contributed by atoms with E-state index in [1.807, 2.05) is 23.1 Å². The van der Waals surface area contributed by atoms with Gasteiger partial charge in [-0.05, 0) is 34.1 Å². The van der Waals surface area contributed by atoms with Gasteiger partial charge >= 0.3 is 0 Å². The molecule has 6 heteroatoms. The standard InChI is InChI=1S/C11H12BrN3OS/c12-8-5-7(11(13)17)1-2-9(8)15-4-3-14-10(16)6-15/h1-2,5H,3-4,6H2,(H2,13,17)(H,14,16). The van der Waals surface area contributed by atoms with Crippen LogP contribution in [0.15, 0.2) is 22.7 Å². The third-order valence-electron chi connectivity index (χ3n) is 2.61. The summed E-state index contributed by atoms with van der Waals surface area (Å²) in [5.41, 5.74) is 7.37. The first kappa shape index (κ1) is 12.3. The largest absolute Gasteiger partial charge is 0.389 e. The molecule has 0 spiro atoms. The fourth-order valence-electron chi connectivity index (χ4n) is 1.76. The average Bonchev–Trinajstić information content (AvgIpc) is 2.28. The van der Waals surface area contributed by atoms with Crippen molar-refractivity contribution in [3.8, 4) is 0 Å². The molecule has 0 unspecified atom stereocenters. The number of thiocarbonyl (C=S) groups is 1. The summed E-state index contributed by atoms with van der Waals surface area (Å²) in [5.74, 6) is 0.0431. The molecule has 4 nitrogen and oxygen atoms in total. The molecule has 0 radical (unpaired) electrons. The summed E-state index contributed by atoms with van der Waals surface area (Å²) < 4.78 is 0.900. The molecule has 0 aliphatic carbocycles. The van der Waals surface area contributed by atoms with E-state index in [9.17, 15) is 4.79 Å². The van der Waals surface area contributed by atoms with Gasteiger partial charge in [-0.1, -0.05) is 12.2 Å². The van der Waals surface area contributed by atoms with Gasteiger partial charge in [0.15, 0.2) is 0 Å². The number of benzene rings is 1. The molecule has 17 heavy (non-hydrogen) atoms. The lowest BCUT2D eigenvalue weighted by Crippen LogP contribution is -2.47. The van der Waals surface area contributed by atoms with E-state index in [1.54, 1.807) is 0 Å². The second kappa shape index (κ2) is 5.01. The molecule has 1 heterocycles. The van der Waals surface area contributed by atoms with Crippen molar-refractivity contribution in [1.29, 1.82) is 0 Å². The number of anilines is 1. The number of rotatable bonds is 2. The van der Waals surface area contributed by atoms with Crippen LogP contribution in [0.2, 0.25) is 0 Å². The second-order valence-electron chi connectivity index (χ2n) is 3.80. The molecule has 1 aromatic carbocycles. The van der Waals surface area contributed by atoms with Crippen LogP contribution >= 0.6 is 28.1 Å². The van der Waals surface area contributed by atoms with Crippen LogP contribution in [0, 0.1) is 0 Å². The van der Waals surface area contributed by atoms with Crippen molar-refractivity contribution < 1.29 is 4.79 Å². The fourth-order valence-corrected chi connectivity index (χ4v) is 2.52. The van der Waals surface area contributed by atoms with Gasteiger partial charge in [0, 0.05) is 23.1 Å². The Bertz CT molecular complexity index is 478. The number of hydrogen-bond acceptors (Lipinski definition) is 3. The van der Waals surface area contributed by atoms with Crippen LogP contribution in [0.4, 0.5) is 5.69 Å². The van der Waals surface area contributed by atoms with E-state index in [1.165, 1.54) is 0 Å². The zero-order valence-corrected chi connectivity index (χ0v) is 11.5. The van der Waals surface area contributed by atoms with Gasteiger partial charge in [-0.3, -0.25) is 4.79 Å². The first-order valence-electron chi connectivity index (χ1n) is 5.19. The molecule has 1 aliphatic rings. The Balaban J connectivity index is 2.26. The molecular formula is C11H12BrN3OS. The van der Waals surface area contributed by atoms with E-state index in [-0.39, 0.29) is 5.91 Å². The summed E-state index contributed by atoms with van der Waals surface area (Å²) in [4.78, 5) is 13.7. The smallest absolute Gasteiger partial charge is 0.239 e. The van der Waals surface area contributed by atoms with Crippen LogP contribution in [-0.2, 0) is 4.79 Å². The molecule has 0 aromatic heterocycles. The fraction of sp³-hybridized carbons (Fsp3) is 0.273. The highest BCUT2D eigenvalue weighted by Gasteiger charge is 2.18. The molecule has 1 aliphatic heterocycles. The van der Waals surface area contributed by atoms with E-state index in [4.69, 9.17) is 18.0 Å². The van der Waals surface area contributed by atoms with Crippen molar-refractivity contribution in [1.82, 2.24) is 5.32 Å². The van der Waals surface area contributed by atoms with Crippen molar-refractivity contribution in [3.63, 3.8) is 0 Å². The molecule has 0 bridgehead atoms.